The average Bonchev–Trinajstić information content (AvgIpc) is 2.43. The van der Waals surface area contributed by atoms with Gasteiger partial charge in [0.1, 0.15) is 0 Å². The van der Waals surface area contributed by atoms with Gasteiger partial charge in [-0.1, -0.05) is 37.3 Å². The number of urea groups is 1. The van der Waals surface area contributed by atoms with E-state index in [0.29, 0.717) is 6.54 Å². The van der Waals surface area contributed by atoms with Crippen molar-refractivity contribution >= 4 is 11.9 Å². The minimum atomic E-state index is -0.444. The van der Waals surface area contributed by atoms with E-state index in [4.69, 9.17) is 0 Å². The largest absolute Gasteiger partial charge is 0.338 e. The minimum Gasteiger partial charge on any atom is -0.338 e. The van der Waals surface area contributed by atoms with E-state index in [2.05, 4.69) is 16.0 Å². The third-order valence-corrected chi connectivity index (χ3v) is 2.66. The molecule has 104 valence electrons. The molecule has 3 amide bonds. The number of hydrogen-bond donors (Lipinski definition) is 3. The Balaban J connectivity index is 2.28. The summed E-state index contributed by atoms with van der Waals surface area (Å²) in [7, 11) is 0. The lowest BCUT2D eigenvalue weighted by molar-refractivity contribution is -0.119. The zero-order valence-corrected chi connectivity index (χ0v) is 11.4. The van der Waals surface area contributed by atoms with Crippen molar-refractivity contribution in [2.24, 2.45) is 0 Å². The van der Waals surface area contributed by atoms with Crippen molar-refractivity contribution in [2.45, 2.75) is 26.3 Å². The lowest BCUT2D eigenvalue weighted by Gasteiger charge is -2.13. The number of rotatable bonds is 6. The Labute approximate surface area is 113 Å². The van der Waals surface area contributed by atoms with Crippen LogP contribution in [-0.4, -0.2) is 25.0 Å². The standard InChI is InChI=1S/C14H21N3O2/c1-3-9-15-14(19)17-13(18)10-16-11(2)12-7-5-4-6-8-12/h4-8,11,16H,3,9-10H2,1-2H3,(H2,15,17,18,19)/t11-/m0/s1. The Bertz CT molecular complexity index is 406. The quantitative estimate of drug-likeness (QED) is 0.729. The molecule has 0 fully saturated rings. The number of carbonyl (C=O) groups is 2. The van der Waals surface area contributed by atoms with E-state index in [1.807, 2.05) is 44.2 Å². The SMILES string of the molecule is CCCNC(=O)NC(=O)CN[C@@H](C)c1ccccc1. The first-order valence-electron chi connectivity index (χ1n) is 6.49. The second-order valence-corrected chi connectivity index (χ2v) is 4.32. The number of amides is 3. The monoisotopic (exact) mass is 263 g/mol. The summed E-state index contributed by atoms with van der Waals surface area (Å²) in [5.41, 5.74) is 1.10. The van der Waals surface area contributed by atoms with Crippen LogP contribution in [0.3, 0.4) is 0 Å². The Hall–Kier alpha value is -1.88. The molecule has 0 saturated carbocycles. The van der Waals surface area contributed by atoms with Crippen molar-refractivity contribution in [1.29, 1.82) is 0 Å². The lowest BCUT2D eigenvalue weighted by Crippen LogP contribution is -2.43. The van der Waals surface area contributed by atoms with Crippen LogP contribution in [-0.2, 0) is 4.79 Å². The molecule has 5 nitrogen and oxygen atoms in total. The Kier molecular flexibility index (Phi) is 6.60. The molecule has 0 unspecified atom stereocenters. The molecule has 0 heterocycles. The average molecular weight is 263 g/mol. The van der Waals surface area contributed by atoms with Crippen molar-refractivity contribution in [2.75, 3.05) is 13.1 Å². The fourth-order valence-corrected chi connectivity index (χ4v) is 1.56. The molecule has 3 N–H and O–H groups in total. The molecule has 1 aromatic carbocycles. The lowest BCUT2D eigenvalue weighted by atomic mass is 10.1. The highest BCUT2D eigenvalue weighted by atomic mass is 16.2. The van der Waals surface area contributed by atoms with Crippen molar-refractivity contribution in [3.05, 3.63) is 35.9 Å². The zero-order valence-electron chi connectivity index (χ0n) is 11.4. The van der Waals surface area contributed by atoms with Crippen molar-refractivity contribution in [3.8, 4) is 0 Å². The molecule has 0 saturated heterocycles. The molecular formula is C14H21N3O2. The predicted molar refractivity (Wildman–Crippen MR) is 74.7 cm³/mol. The molecule has 0 aliphatic carbocycles. The van der Waals surface area contributed by atoms with Gasteiger partial charge in [0.15, 0.2) is 0 Å². The van der Waals surface area contributed by atoms with Crippen LogP contribution >= 0.6 is 0 Å². The highest BCUT2D eigenvalue weighted by Crippen LogP contribution is 2.10. The smallest absolute Gasteiger partial charge is 0.321 e. The first-order valence-corrected chi connectivity index (χ1v) is 6.49. The van der Waals surface area contributed by atoms with Gasteiger partial charge >= 0.3 is 6.03 Å². The van der Waals surface area contributed by atoms with Gasteiger partial charge < -0.3 is 10.6 Å². The van der Waals surface area contributed by atoms with E-state index in [1.165, 1.54) is 0 Å². The van der Waals surface area contributed by atoms with Gasteiger partial charge in [-0.05, 0) is 18.9 Å². The van der Waals surface area contributed by atoms with Crippen molar-refractivity contribution < 1.29 is 9.59 Å². The molecule has 0 aromatic heterocycles. The molecule has 0 bridgehead atoms. The molecule has 0 radical (unpaired) electrons. The number of benzene rings is 1. The fraction of sp³-hybridized carbons (Fsp3) is 0.429. The maximum atomic E-state index is 11.5. The maximum absolute atomic E-state index is 11.5. The summed E-state index contributed by atoms with van der Waals surface area (Å²) in [4.78, 5) is 22.8. The van der Waals surface area contributed by atoms with Crippen molar-refractivity contribution in [3.63, 3.8) is 0 Å². The Morgan fingerprint density at radius 2 is 1.89 bits per heavy atom. The van der Waals surface area contributed by atoms with Crippen LogP contribution in [0, 0.1) is 0 Å². The minimum absolute atomic E-state index is 0.0608. The Morgan fingerprint density at radius 1 is 1.21 bits per heavy atom. The van der Waals surface area contributed by atoms with Gasteiger partial charge in [-0.15, -0.1) is 0 Å². The second-order valence-electron chi connectivity index (χ2n) is 4.32. The third-order valence-electron chi connectivity index (χ3n) is 2.66. The topological polar surface area (TPSA) is 70.2 Å². The van der Waals surface area contributed by atoms with Gasteiger partial charge in [-0.25, -0.2) is 4.79 Å². The first-order chi connectivity index (χ1) is 9.13. The second kappa shape index (κ2) is 8.26. The third kappa shape index (κ3) is 6.01. The van der Waals surface area contributed by atoms with Crippen LogP contribution < -0.4 is 16.0 Å². The molecule has 0 spiro atoms. The van der Waals surface area contributed by atoms with E-state index in [1.54, 1.807) is 0 Å². The molecule has 1 aromatic rings. The number of nitrogens with one attached hydrogen (secondary N) is 3. The van der Waals surface area contributed by atoms with E-state index >= 15 is 0 Å². The fourth-order valence-electron chi connectivity index (χ4n) is 1.56. The molecule has 1 atom stereocenters. The molecular weight excluding hydrogens is 242 g/mol. The van der Waals surface area contributed by atoms with Gasteiger partial charge in [0.25, 0.3) is 0 Å². The molecule has 1 rings (SSSR count). The summed E-state index contributed by atoms with van der Waals surface area (Å²) < 4.78 is 0. The van der Waals surface area contributed by atoms with Crippen LogP contribution in [0.1, 0.15) is 31.9 Å². The number of imide groups is 1. The van der Waals surface area contributed by atoms with Crippen LogP contribution in [0.5, 0.6) is 0 Å². The van der Waals surface area contributed by atoms with Crippen LogP contribution in [0.4, 0.5) is 4.79 Å². The molecule has 5 heteroatoms. The highest BCUT2D eigenvalue weighted by Gasteiger charge is 2.09. The van der Waals surface area contributed by atoms with E-state index in [-0.39, 0.29) is 18.5 Å². The number of carbonyl (C=O) groups excluding carboxylic acids is 2. The first kappa shape index (κ1) is 15.2. The van der Waals surface area contributed by atoms with Crippen LogP contribution in [0.2, 0.25) is 0 Å². The summed E-state index contributed by atoms with van der Waals surface area (Å²) >= 11 is 0. The zero-order chi connectivity index (χ0) is 14.1. The summed E-state index contributed by atoms with van der Waals surface area (Å²) in [6.45, 7) is 4.59. The summed E-state index contributed by atoms with van der Waals surface area (Å²) in [6.07, 6.45) is 0.838. The van der Waals surface area contributed by atoms with E-state index in [0.717, 1.165) is 12.0 Å². The van der Waals surface area contributed by atoms with Gasteiger partial charge in [0.2, 0.25) is 5.91 Å². The van der Waals surface area contributed by atoms with E-state index < -0.39 is 6.03 Å². The maximum Gasteiger partial charge on any atom is 0.321 e. The van der Waals surface area contributed by atoms with Crippen LogP contribution in [0.15, 0.2) is 30.3 Å². The summed E-state index contributed by atoms with van der Waals surface area (Å²) in [5, 5.41) is 7.92. The molecule has 0 aliphatic heterocycles. The molecule has 0 aliphatic rings. The summed E-state index contributed by atoms with van der Waals surface area (Å²) in [6, 6.07) is 9.44. The van der Waals surface area contributed by atoms with Gasteiger partial charge in [0, 0.05) is 12.6 Å². The van der Waals surface area contributed by atoms with Gasteiger partial charge in [-0.3, -0.25) is 10.1 Å². The Morgan fingerprint density at radius 3 is 2.53 bits per heavy atom. The van der Waals surface area contributed by atoms with Gasteiger partial charge in [-0.2, -0.15) is 0 Å². The van der Waals surface area contributed by atoms with Crippen LogP contribution in [0.25, 0.3) is 0 Å². The number of hydrogen-bond acceptors (Lipinski definition) is 3. The van der Waals surface area contributed by atoms with Gasteiger partial charge in [0.05, 0.1) is 6.54 Å². The summed E-state index contributed by atoms with van der Waals surface area (Å²) in [5.74, 6) is -0.337. The highest BCUT2D eigenvalue weighted by molar-refractivity contribution is 5.95. The van der Waals surface area contributed by atoms with E-state index in [9.17, 15) is 9.59 Å². The normalized spacial score (nSPS) is 11.7. The van der Waals surface area contributed by atoms with Crippen molar-refractivity contribution in [1.82, 2.24) is 16.0 Å². The molecule has 19 heavy (non-hydrogen) atoms. The predicted octanol–water partition coefficient (Wildman–Crippen LogP) is 1.57.